The van der Waals surface area contributed by atoms with Crippen LogP contribution in [0, 0.1) is 0 Å². The van der Waals surface area contributed by atoms with E-state index in [1.165, 1.54) is 5.19 Å². The van der Waals surface area contributed by atoms with E-state index in [0.717, 1.165) is 5.19 Å². The Morgan fingerprint density at radius 1 is 0.731 bits per heavy atom. The van der Waals surface area contributed by atoms with Gasteiger partial charge in [-0.05, 0) is 11.8 Å². The molecule has 2 aromatic carbocycles. The average molecular weight is 415 g/mol. The van der Waals surface area contributed by atoms with Gasteiger partial charge >= 0.3 is 0 Å². The summed E-state index contributed by atoms with van der Waals surface area (Å²) in [6.07, 6.45) is -1.83. The molecule has 0 radical (unpaired) electrons. The summed E-state index contributed by atoms with van der Waals surface area (Å²) < 4.78 is 33.3. The zero-order valence-electron chi connectivity index (χ0n) is 15.7. The number of hydrogen-bond acceptors (Lipinski definition) is 0. The first-order valence-corrected chi connectivity index (χ1v) is 15.0. The molecule has 0 unspecified atom stereocenters. The molecular formula is C20H26ClF3Si2. The number of benzene rings is 2. The van der Waals surface area contributed by atoms with Gasteiger partial charge in [-0.25, -0.2) is 4.39 Å². The zero-order chi connectivity index (χ0) is 20.4. The highest BCUT2D eigenvalue weighted by atomic mass is 35.6. The molecule has 0 heterocycles. The van der Waals surface area contributed by atoms with Gasteiger partial charge in [0, 0.05) is 0 Å². The van der Waals surface area contributed by atoms with Gasteiger partial charge in [0.15, 0.2) is 7.38 Å². The second kappa shape index (κ2) is 11.2. The molecule has 0 saturated heterocycles. The predicted octanol–water partition coefficient (Wildman–Crippen LogP) is 6.36. The van der Waals surface area contributed by atoms with Crippen molar-refractivity contribution in [2.45, 2.75) is 26.2 Å². The van der Waals surface area contributed by atoms with E-state index in [1.807, 2.05) is 61.6 Å². The highest BCUT2D eigenvalue weighted by Gasteiger charge is 2.27. The Kier molecular flexibility index (Phi) is 10.5. The molecule has 6 heteroatoms. The lowest BCUT2D eigenvalue weighted by molar-refractivity contribution is 0.426. The molecule has 26 heavy (non-hydrogen) atoms. The molecule has 0 spiro atoms. The van der Waals surface area contributed by atoms with Crippen LogP contribution in [0.4, 0.5) is 13.2 Å². The predicted molar refractivity (Wildman–Crippen MR) is 115 cm³/mol. The maximum Gasteiger partial charge on any atom is 0.263 e. The number of halogens is 4. The van der Waals surface area contributed by atoms with Crippen molar-refractivity contribution in [3.8, 4) is 0 Å². The van der Waals surface area contributed by atoms with E-state index in [4.69, 9.17) is 11.1 Å². The first kappa shape index (κ1) is 24.4. The van der Waals surface area contributed by atoms with Gasteiger partial charge < -0.3 is 0 Å². The molecule has 0 nitrogen and oxygen atoms in total. The maximum absolute atomic E-state index is 13.0. The Morgan fingerprint density at radius 2 is 1.04 bits per heavy atom. The maximum atomic E-state index is 13.0. The van der Waals surface area contributed by atoms with Gasteiger partial charge in [-0.2, -0.15) is 19.9 Å². The third-order valence-corrected chi connectivity index (χ3v) is 9.13. The van der Waals surface area contributed by atoms with E-state index >= 15 is 0 Å². The molecule has 0 aromatic heterocycles. The van der Waals surface area contributed by atoms with E-state index in [9.17, 15) is 13.2 Å². The summed E-state index contributed by atoms with van der Waals surface area (Å²) in [6.45, 7) is 13.8. The summed E-state index contributed by atoms with van der Waals surface area (Å²) in [7, 11) is -3.58. The van der Waals surface area contributed by atoms with Crippen molar-refractivity contribution < 1.29 is 13.2 Å². The highest BCUT2D eigenvalue weighted by molar-refractivity contribution is 7.26. The van der Waals surface area contributed by atoms with Crippen molar-refractivity contribution in [2.75, 3.05) is 0 Å². The molecule has 0 fully saturated rings. The summed E-state index contributed by atoms with van der Waals surface area (Å²) in [5.74, 6) is 0. The zero-order valence-corrected chi connectivity index (χ0v) is 18.5. The van der Waals surface area contributed by atoms with Crippen LogP contribution >= 0.6 is 11.1 Å². The van der Waals surface area contributed by atoms with Crippen molar-refractivity contribution in [3.63, 3.8) is 0 Å². The molecule has 2 aromatic rings. The van der Waals surface area contributed by atoms with Gasteiger partial charge in [-0.3, -0.25) is 0 Å². The molecule has 0 aliphatic rings. The van der Waals surface area contributed by atoms with Crippen LogP contribution in [-0.2, 0) is 0 Å². The third kappa shape index (κ3) is 9.80. The molecular weight excluding hydrogens is 389 g/mol. The van der Waals surface area contributed by atoms with Crippen LogP contribution < -0.4 is 10.4 Å². The Hall–Kier alpha value is -1.57. The molecule has 0 aliphatic heterocycles. The van der Waals surface area contributed by atoms with Gasteiger partial charge in [0.1, 0.15) is 8.07 Å². The van der Waals surface area contributed by atoms with Gasteiger partial charge in [0.25, 0.3) is 6.08 Å². The lowest BCUT2D eigenvalue weighted by Crippen LogP contribution is -2.42. The van der Waals surface area contributed by atoms with E-state index < -0.39 is 21.5 Å². The van der Waals surface area contributed by atoms with Crippen molar-refractivity contribution in [2.24, 2.45) is 0 Å². The molecule has 0 bridgehead atoms. The Bertz CT molecular complexity index is 677. The quantitative estimate of drug-likeness (QED) is 0.405. The fourth-order valence-electron chi connectivity index (χ4n) is 1.85. The van der Waals surface area contributed by atoms with Gasteiger partial charge in [-0.1, -0.05) is 98.6 Å². The Labute approximate surface area is 161 Å². The standard InChI is InChI=1S/C10H13FSi.C8H11ClSi.C2H2F2/c1-9(11)12(2,3)10-7-5-4-6-8-10;1-10(2,9)8-6-4-3-5-7-8;1-2(3)4/h4-8H,1H2,2-3H3;3-7H,1-2H3;1H2. The second-order valence-corrected chi connectivity index (χ2v) is 17.3. The Morgan fingerprint density at radius 3 is 1.27 bits per heavy atom. The molecule has 142 valence electrons. The Balaban J connectivity index is 0.000000405. The molecule has 0 aliphatic carbocycles. The van der Waals surface area contributed by atoms with Gasteiger partial charge in [0.05, 0.1) is 5.45 Å². The fourth-order valence-corrected chi connectivity index (χ4v) is 4.55. The first-order chi connectivity index (χ1) is 11.9. The van der Waals surface area contributed by atoms with Gasteiger partial charge in [-0.15, -0.1) is 0 Å². The van der Waals surface area contributed by atoms with Crippen molar-refractivity contribution in [3.05, 3.63) is 85.4 Å². The van der Waals surface area contributed by atoms with E-state index in [0.29, 0.717) is 0 Å². The summed E-state index contributed by atoms with van der Waals surface area (Å²) in [4.78, 5) is 0. The molecule has 0 amide bonds. The summed E-state index contributed by atoms with van der Waals surface area (Å²) in [6, 6.07) is 20.0. The minimum absolute atomic E-state index is 0.159. The van der Waals surface area contributed by atoms with Crippen LogP contribution in [0.2, 0.25) is 26.2 Å². The first-order valence-electron chi connectivity index (χ1n) is 8.03. The summed E-state index contributed by atoms with van der Waals surface area (Å²) >= 11 is 6.20. The van der Waals surface area contributed by atoms with Crippen LogP contribution in [-0.4, -0.2) is 15.5 Å². The fraction of sp³-hybridized carbons (Fsp3) is 0.200. The highest BCUT2D eigenvalue weighted by Crippen LogP contribution is 2.13. The summed E-state index contributed by atoms with van der Waals surface area (Å²) in [5, 5.41) is 2.40. The SMILES string of the molecule is C=C(F)F.C=C(F)[Si](C)(C)c1ccccc1.C[Si](C)(Cl)c1ccccc1. The van der Waals surface area contributed by atoms with Crippen LogP contribution in [0.5, 0.6) is 0 Å². The third-order valence-electron chi connectivity index (χ3n) is 3.63. The average Bonchev–Trinajstić information content (AvgIpc) is 2.56. The summed E-state index contributed by atoms with van der Waals surface area (Å²) in [5.41, 5.74) is -0.159. The molecule has 0 atom stereocenters. The monoisotopic (exact) mass is 414 g/mol. The number of hydrogen-bond donors (Lipinski definition) is 0. The van der Waals surface area contributed by atoms with Crippen molar-refractivity contribution in [1.29, 1.82) is 0 Å². The minimum Gasteiger partial charge on any atom is -0.218 e. The molecule has 2 rings (SSSR count). The lowest BCUT2D eigenvalue weighted by atomic mass is 10.4. The number of rotatable bonds is 3. The van der Waals surface area contributed by atoms with E-state index in [1.54, 1.807) is 0 Å². The van der Waals surface area contributed by atoms with Crippen molar-refractivity contribution in [1.82, 2.24) is 0 Å². The van der Waals surface area contributed by atoms with Crippen molar-refractivity contribution >= 4 is 36.9 Å². The lowest BCUT2D eigenvalue weighted by Gasteiger charge is -2.19. The van der Waals surface area contributed by atoms with Crippen LogP contribution in [0.15, 0.2) is 85.4 Å². The minimum atomic E-state index is -2.02. The smallest absolute Gasteiger partial charge is 0.218 e. The van der Waals surface area contributed by atoms with Crippen LogP contribution in [0.3, 0.4) is 0 Å². The molecule has 0 N–H and O–H groups in total. The van der Waals surface area contributed by atoms with Crippen LogP contribution in [0.1, 0.15) is 0 Å². The molecule has 0 saturated carbocycles. The normalized spacial score (nSPS) is 10.6. The largest absolute Gasteiger partial charge is 0.263 e. The van der Waals surface area contributed by atoms with E-state index in [-0.39, 0.29) is 5.45 Å². The second-order valence-electron chi connectivity index (χ2n) is 6.57. The van der Waals surface area contributed by atoms with Gasteiger partial charge in [0.2, 0.25) is 0 Å². The van der Waals surface area contributed by atoms with Crippen LogP contribution in [0.25, 0.3) is 0 Å². The topological polar surface area (TPSA) is 0 Å². The van der Waals surface area contributed by atoms with E-state index in [2.05, 4.69) is 38.4 Å².